The van der Waals surface area contributed by atoms with Crippen molar-refractivity contribution in [2.45, 2.75) is 19.8 Å². The van der Waals surface area contributed by atoms with Gasteiger partial charge in [0.2, 0.25) is 0 Å². The molecule has 1 aliphatic carbocycles. The van der Waals surface area contributed by atoms with E-state index < -0.39 is 12.6 Å². The van der Waals surface area contributed by atoms with E-state index in [0.717, 1.165) is 6.54 Å². The number of carboxylic acids is 1. The number of hydrogen-bond donors (Lipinski definition) is 1. The maximum Gasteiger partial charge on any atom is 0.341 e. The SMILES string of the molecule is CCN(CC1CC1)C(=O)c1cccc(OCC(=O)O)c1. The fourth-order valence-electron chi connectivity index (χ4n) is 2.01. The second-order valence-electron chi connectivity index (χ2n) is 5.00. The van der Waals surface area contributed by atoms with Crippen LogP contribution in [-0.2, 0) is 4.79 Å². The fraction of sp³-hybridized carbons (Fsp3) is 0.467. The van der Waals surface area contributed by atoms with E-state index in [1.165, 1.54) is 12.8 Å². The summed E-state index contributed by atoms with van der Waals surface area (Å²) in [6.07, 6.45) is 2.40. The first kappa shape index (κ1) is 14.4. The number of hydrogen-bond acceptors (Lipinski definition) is 3. The Kier molecular flexibility index (Phi) is 4.61. The highest BCUT2D eigenvalue weighted by Gasteiger charge is 2.26. The van der Waals surface area contributed by atoms with E-state index in [1.807, 2.05) is 11.8 Å². The van der Waals surface area contributed by atoms with Gasteiger partial charge in [0.25, 0.3) is 5.91 Å². The van der Waals surface area contributed by atoms with Crippen LogP contribution in [0.5, 0.6) is 5.75 Å². The standard InChI is InChI=1S/C15H19NO4/c1-2-16(9-11-6-7-11)15(19)12-4-3-5-13(8-12)20-10-14(17)18/h3-5,8,11H,2,6-7,9-10H2,1H3,(H,17,18). The van der Waals surface area contributed by atoms with Crippen LogP contribution in [0.25, 0.3) is 0 Å². The van der Waals surface area contributed by atoms with Crippen molar-refractivity contribution in [3.05, 3.63) is 29.8 Å². The maximum absolute atomic E-state index is 12.4. The summed E-state index contributed by atoms with van der Waals surface area (Å²) in [5.41, 5.74) is 0.537. The minimum atomic E-state index is -1.04. The number of amides is 1. The summed E-state index contributed by atoms with van der Waals surface area (Å²) < 4.78 is 5.09. The molecule has 1 aromatic rings. The molecule has 0 aromatic heterocycles. The zero-order valence-corrected chi connectivity index (χ0v) is 11.5. The predicted octanol–water partition coefficient (Wildman–Crippen LogP) is 2.02. The molecule has 0 saturated heterocycles. The highest BCUT2D eigenvalue weighted by molar-refractivity contribution is 5.94. The normalized spacial score (nSPS) is 13.8. The third kappa shape index (κ3) is 3.98. The molecule has 0 aliphatic heterocycles. The molecule has 5 heteroatoms. The lowest BCUT2D eigenvalue weighted by Gasteiger charge is -2.21. The van der Waals surface area contributed by atoms with Crippen molar-refractivity contribution in [2.24, 2.45) is 5.92 Å². The smallest absolute Gasteiger partial charge is 0.341 e. The zero-order chi connectivity index (χ0) is 14.5. The quantitative estimate of drug-likeness (QED) is 0.828. The number of carboxylic acid groups (broad SMARTS) is 1. The van der Waals surface area contributed by atoms with Crippen LogP contribution in [0, 0.1) is 5.92 Å². The van der Waals surface area contributed by atoms with E-state index in [-0.39, 0.29) is 5.91 Å². The van der Waals surface area contributed by atoms with Gasteiger partial charge in [0.05, 0.1) is 0 Å². The van der Waals surface area contributed by atoms with Crippen molar-refractivity contribution in [3.63, 3.8) is 0 Å². The number of benzene rings is 1. The summed E-state index contributed by atoms with van der Waals surface area (Å²) in [5.74, 6) is -0.0168. The van der Waals surface area contributed by atoms with Crippen LogP contribution in [-0.4, -0.2) is 41.6 Å². The van der Waals surface area contributed by atoms with Crippen LogP contribution in [0.1, 0.15) is 30.1 Å². The van der Waals surface area contributed by atoms with Gasteiger partial charge < -0.3 is 14.7 Å². The van der Waals surface area contributed by atoms with Crippen LogP contribution in [0.3, 0.4) is 0 Å². The largest absolute Gasteiger partial charge is 0.482 e. The van der Waals surface area contributed by atoms with Gasteiger partial charge >= 0.3 is 5.97 Å². The molecule has 1 aliphatic rings. The molecule has 2 rings (SSSR count). The molecule has 5 nitrogen and oxygen atoms in total. The van der Waals surface area contributed by atoms with Crippen LogP contribution < -0.4 is 4.74 Å². The molecular formula is C15H19NO4. The third-order valence-corrected chi connectivity index (χ3v) is 3.29. The lowest BCUT2D eigenvalue weighted by atomic mass is 10.2. The number of carbonyl (C=O) groups excluding carboxylic acids is 1. The third-order valence-electron chi connectivity index (χ3n) is 3.29. The molecule has 0 bridgehead atoms. The Labute approximate surface area is 118 Å². The molecular weight excluding hydrogens is 258 g/mol. The summed E-state index contributed by atoms with van der Waals surface area (Å²) in [7, 11) is 0. The monoisotopic (exact) mass is 277 g/mol. The first-order chi connectivity index (χ1) is 9.60. The average molecular weight is 277 g/mol. The van der Waals surface area contributed by atoms with Gasteiger partial charge in [-0.05, 0) is 43.9 Å². The Hall–Kier alpha value is -2.04. The Morgan fingerprint density at radius 1 is 1.40 bits per heavy atom. The number of nitrogens with zero attached hydrogens (tertiary/aromatic N) is 1. The van der Waals surface area contributed by atoms with Gasteiger partial charge in [0, 0.05) is 18.7 Å². The van der Waals surface area contributed by atoms with Gasteiger partial charge in [-0.3, -0.25) is 4.79 Å². The molecule has 1 aromatic carbocycles. The van der Waals surface area contributed by atoms with Crippen molar-refractivity contribution in [1.29, 1.82) is 0 Å². The van der Waals surface area contributed by atoms with Gasteiger partial charge in [-0.15, -0.1) is 0 Å². The highest BCUT2D eigenvalue weighted by Crippen LogP contribution is 2.30. The lowest BCUT2D eigenvalue weighted by molar-refractivity contribution is -0.139. The Morgan fingerprint density at radius 2 is 2.15 bits per heavy atom. The number of aliphatic carboxylic acids is 1. The lowest BCUT2D eigenvalue weighted by Crippen LogP contribution is -2.32. The van der Waals surface area contributed by atoms with E-state index >= 15 is 0 Å². The minimum absolute atomic E-state index is 0.0276. The molecule has 1 amide bonds. The minimum Gasteiger partial charge on any atom is -0.482 e. The Bertz CT molecular complexity index is 496. The van der Waals surface area contributed by atoms with Crippen LogP contribution in [0.4, 0.5) is 0 Å². The van der Waals surface area contributed by atoms with Crippen molar-refractivity contribution in [3.8, 4) is 5.75 Å². The maximum atomic E-state index is 12.4. The van der Waals surface area contributed by atoms with E-state index in [2.05, 4.69) is 0 Å². The summed E-state index contributed by atoms with van der Waals surface area (Å²) in [4.78, 5) is 24.7. The summed E-state index contributed by atoms with van der Waals surface area (Å²) >= 11 is 0. The molecule has 1 fully saturated rings. The Balaban J connectivity index is 2.03. The van der Waals surface area contributed by atoms with Crippen molar-refractivity contribution >= 4 is 11.9 Å². The van der Waals surface area contributed by atoms with E-state index in [9.17, 15) is 9.59 Å². The molecule has 108 valence electrons. The van der Waals surface area contributed by atoms with E-state index in [1.54, 1.807) is 24.3 Å². The van der Waals surface area contributed by atoms with Gasteiger partial charge in [0.1, 0.15) is 5.75 Å². The van der Waals surface area contributed by atoms with Gasteiger partial charge in [-0.1, -0.05) is 6.07 Å². The molecule has 0 heterocycles. The first-order valence-electron chi connectivity index (χ1n) is 6.84. The predicted molar refractivity (Wildman–Crippen MR) is 73.9 cm³/mol. The molecule has 0 unspecified atom stereocenters. The molecule has 0 spiro atoms. The van der Waals surface area contributed by atoms with E-state index in [0.29, 0.717) is 23.8 Å². The van der Waals surface area contributed by atoms with Gasteiger partial charge in [-0.25, -0.2) is 4.79 Å². The fourth-order valence-corrected chi connectivity index (χ4v) is 2.01. The van der Waals surface area contributed by atoms with Crippen molar-refractivity contribution < 1.29 is 19.4 Å². The van der Waals surface area contributed by atoms with Gasteiger partial charge in [-0.2, -0.15) is 0 Å². The van der Waals surface area contributed by atoms with Crippen molar-refractivity contribution in [2.75, 3.05) is 19.7 Å². The molecule has 0 radical (unpaired) electrons. The number of ether oxygens (including phenoxy) is 1. The Morgan fingerprint density at radius 3 is 2.75 bits per heavy atom. The molecule has 0 atom stereocenters. The zero-order valence-electron chi connectivity index (χ0n) is 11.5. The second-order valence-corrected chi connectivity index (χ2v) is 5.00. The van der Waals surface area contributed by atoms with Crippen LogP contribution in [0.15, 0.2) is 24.3 Å². The number of rotatable bonds is 7. The molecule has 1 N–H and O–H groups in total. The van der Waals surface area contributed by atoms with Gasteiger partial charge in [0.15, 0.2) is 6.61 Å². The second kappa shape index (κ2) is 6.41. The number of carbonyl (C=O) groups is 2. The topological polar surface area (TPSA) is 66.8 Å². The highest BCUT2D eigenvalue weighted by atomic mass is 16.5. The van der Waals surface area contributed by atoms with Crippen LogP contribution in [0.2, 0.25) is 0 Å². The first-order valence-corrected chi connectivity index (χ1v) is 6.84. The summed E-state index contributed by atoms with van der Waals surface area (Å²) in [5, 5.41) is 8.59. The van der Waals surface area contributed by atoms with Crippen LogP contribution >= 0.6 is 0 Å². The molecule has 20 heavy (non-hydrogen) atoms. The average Bonchev–Trinajstić information content (AvgIpc) is 3.26. The molecule has 1 saturated carbocycles. The van der Waals surface area contributed by atoms with Crippen molar-refractivity contribution in [1.82, 2.24) is 4.90 Å². The van der Waals surface area contributed by atoms with E-state index in [4.69, 9.17) is 9.84 Å². The summed E-state index contributed by atoms with van der Waals surface area (Å²) in [6, 6.07) is 6.68. The summed E-state index contributed by atoms with van der Waals surface area (Å²) in [6.45, 7) is 3.04.